The number of Topliss-reactive ketones (excluding diaryl/α,β-unsaturated/α-hetero) is 1. The SMILES string of the molecule is CN1C[C@@H](c2cccc3ccccc23)[C@@]2(CCc3ccccc3C2=O)[C@@]12C(=O)N(Cc1ccccc1)c1ccccc12. The molecule has 0 unspecified atom stereocenters. The number of fused-ring (bicyclic) bond motifs is 5. The summed E-state index contributed by atoms with van der Waals surface area (Å²) < 4.78 is 0. The quantitative estimate of drug-likeness (QED) is 0.241. The molecule has 206 valence electrons. The van der Waals surface area contributed by atoms with Crippen LogP contribution in [0.5, 0.6) is 0 Å². The van der Waals surface area contributed by atoms with Gasteiger partial charge in [0.25, 0.3) is 5.91 Å². The zero-order valence-corrected chi connectivity index (χ0v) is 23.7. The van der Waals surface area contributed by atoms with Gasteiger partial charge in [0.15, 0.2) is 5.78 Å². The summed E-state index contributed by atoms with van der Waals surface area (Å²) in [5, 5.41) is 2.31. The highest BCUT2D eigenvalue weighted by Crippen LogP contribution is 2.67. The number of likely N-dealkylation sites (tertiary alicyclic amines) is 1. The summed E-state index contributed by atoms with van der Waals surface area (Å²) in [4.78, 5) is 34.7. The summed E-state index contributed by atoms with van der Waals surface area (Å²) >= 11 is 0. The second-order valence-corrected chi connectivity index (χ2v) is 12.1. The van der Waals surface area contributed by atoms with E-state index in [4.69, 9.17) is 0 Å². The van der Waals surface area contributed by atoms with Crippen LogP contribution in [0.4, 0.5) is 5.69 Å². The first-order valence-electron chi connectivity index (χ1n) is 14.8. The Bertz CT molecular complexity index is 1880. The predicted molar refractivity (Wildman–Crippen MR) is 167 cm³/mol. The number of para-hydroxylation sites is 1. The lowest BCUT2D eigenvalue weighted by molar-refractivity contribution is -0.133. The van der Waals surface area contributed by atoms with Crippen LogP contribution in [-0.2, 0) is 23.3 Å². The number of anilines is 1. The number of amides is 1. The van der Waals surface area contributed by atoms with Crippen LogP contribution in [-0.4, -0.2) is 30.2 Å². The fourth-order valence-corrected chi connectivity index (χ4v) is 8.56. The number of carbonyl (C=O) groups is 2. The summed E-state index contributed by atoms with van der Waals surface area (Å²) in [6.07, 6.45) is 1.37. The molecule has 0 aromatic heterocycles. The van der Waals surface area contributed by atoms with Gasteiger partial charge in [-0.2, -0.15) is 0 Å². The van der Waals surface area contributed by atoms with Gasteiger partial charge in [0.05, 0.1) is 12.0 Å². The molecule has 0 N–H and O–H groups in total. The van der Waals surface area contributed by atoms with Crippen LogP contribution in [0, 0.1) is 5.41 Å². The molecule has 0 bridgehead atoms. The fraction of sp³-hybridized carbons (Fsp3) is 0.211. The van der Waals surface area contributed by atoms with E-state index < -0.39 is 11.0 Å². The number of hydrogen-bond acceptors (Lipinski definition) is 3. The van der Waals surface area contributed by atoms with Gasteiger partial charge in [-0.05, 0) is 53.4 Å². The maximum atomic E-state index is 15.3. The number of carbonyl (C=O) groups excluding carboxylic acids is 2. The molecule has 2 aliphatic heterocycles. The van der Waals surface area contributed by atoms with Crippen LogP contribution in [0.25, 0.3) is 10.8 Å². The van der Waals surface area contributed by atoms with Gasteiger partial charge in [0.2, 0.25) is 0 Å². The van der Waals surface area contributed by atoms with Crippen molar-refractivity contribution in [3.05, 3.63) is 149 Å². The molecule has 2 spiro atoms. The third-order valence-corrected chi connectivity index (χ3v) is 10.2. The van der Waals surface area contributed by atoms with Gasteiger partial charge in [-0.25, -0.2) is 0 Å². The number of likely N-dealkylation sites (N-methyl/N-ethyl adjacent to an activating group) is 1. The molecule has 1 aliphatic carbocycles. The highest BCUT2D eigenvalue weighted by Gasteiger charge is 2.75. The van der Waals surface area contributed by atoms with Crippen LogP contribution in [0.15, 0.2) is 121 Å². The zero-order valence-electron chi connectivity index (χ0n) is 23.7. The van der Waals surface area contributed by atoms with Crippen LogP contribution >= 0.6 is 0 Å². The Morgan fingerprint density at radius 3 is 2.36 bits per heavy atom. The molecule has 4 nitrogen and oxygen atoms in total. The molecule has 1 amide bonds. The van der Waals surface area contributed by atoms with Crippen LogP contribution in [0.3, 0.4) is 0 Å². The molecular formula is C38H32N2O2. The van der Waals surface area contributed by atoms with Crippen molar-refractivity contribution in [2.75, 3.05) is 18.5 Å². The monoisotopic (exact) mass is 548 g/mol. The molecule has 4 heteroatoms. The van der Waals surface area contributed by atoms with Crippen molar-refractivity contribution in [2.45, 2.75) is 30.8 Å². The first-order chi connectivity index (χ1) is 20.6. The topological polar surface area (TPSA) is 40.6 Å². The molecule has 0 saturated carbocycles. The average molecular weight is 549 g/mol. The van der Waals surface area contributed by atoms with Gasteiger partial charge >= 0.3 is 0 Å². The van der Waals surface area contributed by atoms with Gasteiger partial charge in [-0.1, -0.05) is 115 Å². The van der Waals surface area contributed by atoms with Gasteiger partial charge in [-0.3, -0.25) is 14.5 Å². The Kier molecular flexibility index (Phi) is 5.54. The zero-order chi connectivity index (χ0) is 28.5. The molecule has 1 saturated heterocycles. The lowest BCUT2D eigenvalue weighted by atomic mass is 9.53. The predicted octanol–water partition coefficient (Wildman–Crippen LogP) is 7.13. The summed E-state index contributed by atoms with van der Waals surface area (Å²) in [5.41, 5.74) is 3.81. The van der Waals surface area contributed by atoms with Crippen LogP contribution in [0.1, 0.15) is 45.0 Å². The minimum atomic E-state index is -1.12. The van der Waals surface area contributed by atoms with Crippen molar-refractivity contribution in [1.82, 2.24) is 4.90 Å². The third kappa shape index (κ3) is 3.16. The fourth-order valence-electron chi connectivity index (χ4n) is 8.56. The molecular weight excluding hydrogens is 516 g/mol. The van der Waals surface area contributed by atoms with Gasteiger partial charge in [0, 0.05) is 29.3 Å². The number of nitrogens with zero attached hydrogens (tertiary/aromatic N) is 2. The van der Waals surface area contributed by atoms with Gasteiger partial charge < -0.3 is 4.90 Å². The number of hydrogen-bond donors (Lipinski definition) is 0. The maximum absolute atomic E-state index is 15.3. The lowest BCUT2D eigenvalue weighted by Crippen LogP contribution is -2.61. The van der Waals surface area contributed by atoms with Crippen molar-refractivity contribution < 1.29 is 9.59 Å². The summed E-state index contributed by atoms with van der Waals surface area (Å²) in [7, 11) is 2.06. The summed E-state index contributed by atoms with van der Waals surface area (Å²) in [5.74, 6) is -0.0648. The molecule has 0 radical (unpaired) electrons. The average Bonchev–Trinajstić information content (AvgIpc) is 3.44. The Morgan fingerprint density at radius 1 is 0.762 bits per heavy atom. The van der Waals surface area contributed by atoms with E-state index in [1.165, 1.54) is 0 Å². The molecule has 3 atom stereocenters. The molecule has 1 fully saturated rings. The maximum Gasteiger partial charge on any atom is 0.253 e. The molecule has 5 aromatic rings. The van der Waals surface area contributed by atoms with E-state index in [1.54, 1.807) is 0 Å². The van der Waals surface area contributed by atoms with E-state index in [-0.39, 0.29) is 17.6 Å². The minimum absolute atomic E-state index is 0.00511. The number of rotatable bonds is 3. The lowest BCUT2D eigenvalue weighted by Gasteiger charge is -2.48. The van der Waals surface area contributed by atoms with E-state index in [2.05, 4.69) is 84.7 Å². The smallest absolute Gasteiger partial charge is 0.253 e. The molecule has 2 heterocycles. The minimum Gasteiger partial charge on any atom is -0.306 e. The van der Waals surface area contributed by atoms with E-state index in [9.17, 15) is 0 Å². The Hall–Kier alpha value is -4.54. The molecule has 42 heavy (non-hydrogen) atoms. The molecule has 5 aromatic carbocycles. The number of ketones is 1. The molecule has 3 aliphatic rings. The van der Waals surface area contributed by atoms with Gasteiger partial charge in [0.1, 0.15) is 5.54 Å². The van der Waals surface area contributed by atoms with E-state index >= 15 is 9.59 Å². The summed E-state index contributed by atoms with van der Waals surface area (Å²) in [6.45, 7) is 1.08. The molecule has 8 rings (SSSR count). The van der Waals surface area contributed by atoms with E-state index in [0.717, 1.165) is 50.7 Å². The van der Waals surface area contributed by atoms with Gasteiger partial charge in [-0.15, -0.1) is 0 Å². The van der Waals surface area contributed by atoms with Crippen molar-refractivity contribution in [3.63, 3.8) is 0 Å². The van der Waals surface area contributed by atoms with Crippen molar-refractivity contribution in [3.8, 4) is 0 Å². The van der Waals surface area contributed by atoms with Crippen molar-refractivity contribution in [2.24, 2.45) is 5.41 Å². The third-order valence-electron chi connectivity index (χ3n) is 10.2. The van der Waals surface area contributed by atoms with E-state index in [0.29, 0.717) is 19.5 Å². The van der Waals surface area contributed by atoms with Crippen LogP contribution < -0.4 is 4.90 Å². The van der Waals surface area contributed by atoms with Crippen LogP contribution in [0.2, 0.25) is 0 Å². The largest absolute Gasteiger partial charge is 0.306 e. The van der Waals surface area contributed by atoms with Crippen molar-refractivity contribution >= 4 is 28.2 Å². The van der Waals surface area contributed by atoms with E-state index in [1.807, 2.05) is 53.4 Å². The highest BCUT2D eigenvalue weighted by molar-refractivity contribution is 6.16. The Balaban J connectivity index is 1.41. The second-order valence-electron chi connectivity index (χ2n) is 12.1. The van der Waals surface area contributed by atoms with Crippen molar-refractivity contribution in [1.29, 1.82) is 0 Å². The second kappa shape index (κ2) is 9.23. The Labute approximate surface area is 246 Å². The Morgan fingerprint density at radius 2 is 1.48 bits per heavy atom. The number of benzene rings is 5. The highest BCUT2D eigenvalue weighted by atomic mass is 16.2. The first-order valence-corrected chi connectivity index (χ1v) is 14.8. The normalized spacial score (nSPS) is 25.0. The number of aryl methyl sites for hydroxylation is 1. The first kappa shape index (κ1) is 25.2. The standard InChI is InChI=1S/C38H32N2O2/c1-39-25-33(31-19-11-16-27-14-5-7-17-29(27)31)37(23-22-28-15-6-8-18-30(28)35(37)41)38(39)32-20-9-10-21-34(32)40(36(38)42)24-26-12-3-2-4-13-26/h2-21,33H,22-25H2,1H3/t33-,37+,38+/m0/s1. The summed E-state index contributed by atoms with van der Waals surface area (Å²) in [6, 6.07) is 41.2.